The van der Waals surface area contributed by atoms with Crippen LogP contribution in [-0.2, 0) is 16.7 Å². The first-order valence-corrected chi connectivity index (χ1v) is 9.49. The monoisotopic (exact) mass is 505 g/mol. The molecule has 150 valence electrons. The number of rotatable bonds is 7. The van der Waals surface area contributed by atoms with Crippen molar-refractivity contribution >= 4 is 47.2 Å². The lowest BCUT2D eigenvalue weighted by atomic mass is 9.91. The van der Waals surface area contributed by atoms with Crippen molar-refractivity contribution in [2.24, 2.45) is 4.99 Å². The van der Waals surface area contributed by atoms with Gasteiger partial charge in [-0.3, -0.25) is 0 Å². The predicted octanol–water partition coefficient (Wildman–Crippen LogP) is 4.09. The summed E-state index contributed by atoms with van der Waals surface area (Å²) in [6.45, 7) is 10.0. The number of hydrogen-bond donors (Lipinski definition) is 2. The molecule has 0 bridgehead atoms. The quantitative estimate of drug-likeness (QED) is 0.257. The number of guanidine groups is 1. The summed E-state index contributed by atoms with van der Waals surface area (Å²) < 4.78 is 10.4. The number of nitrogens with one attached hydrogen (secondary N) is 2. The van der Waals surface area contributed by atoms with Crippen molar-refractivity contribution in [2.75, 3.05) is 20.2 Å². The van der Waals surface area contributed by atoms with E-state index in [2.05, 4.69) is 47.0 Å². The largest absolute Gasteiger partial charge is 0.465 e. The van der Waals surface area contributed by atoms with Gasteiger partial charge in [-0.15, -0.1) is 35.3 Å². The molecule has 0 unspecified atom stereocenters. The van der Waals surface area contributed by atoms with E-state index in [9.17, 15) is 4.79 Å². The molecule has 2 aromatic heterocycles. The fourth-order valence-electron chi connectivity index (χ4n) is 2.49. The lowest BCUT2D eigenvalue weighted by Gasteiger charge is -2.25. The molecule has 0 aromatic carbocycles. The summed E-state index contributed by atoms with van der Waals surface area (Å²) in [4.78, 5) is 17.6. The molecular weight excluding hydrogens is 477 g/mol. The fourth-order valence-corrected chi connectivity index (χ4v) is 3.34. The lowest BCUT2D eigenvalue weighted by Crippen LogP contribution is -2.43. The average molecular weight is 505 g/mol. The second-order valence-corrected chi connectivity index (χ2v) is 7.53. The molecule has 2 heterocycles. The Bertz CT molecular complexity index is 754. The minimum atomic E-state index is -0.399. The molecule has 0 saturated carbocycles. The van der Waals surface area contributed by atoms with Crippen molar-refractivity contribution in [3.05, 3.63) is 45.5 Å². The zero-order valence-electron chi connectivity index (χ0n) is 16.4. The van der Waals surface area contributed by atoms with Gasteiger partial charge in [0.2, 0.25) is 0 Å². The van der Waals surface area contributed by atoms with Gasteiger partial charge in [-0.1, -0.05) is 19.9 Å². The van der Waals surface area contributed by atoms with E-state index in [1.54, 1.807) is 24.3 Å². The van der Waals surface area contributed by atoms with Gasteiger partial charge in [-0.25, -0.2) is 9.79 Å². The summed E-state index contributed by atoms with van der Waals surface area (Å²) in [6.07, 6.45) is 0. The van der Waals surface area contributed by atoms with Crippen LogP contribution in [0.4, 0.5) is 0 Å². The first kappa shape index (κ1) is 23.5. The number of thiophene rings is 1. The summed E-state index contributed by atoms with van der Waals surface area (Å²) in [5.41, 5.74) is 0.443. The van der Waals surface area contributed by atoms with Crippen molar-refractivity contribution in [3.63, 3.8) is 0 Å². The van der Waals surface area contributed by atoms with Gasteiger partial charge in [-0.2, -0.15) is 0 Å². The molecule has 8 heteroatoms. The van der Waals surface area contributed by atoms with Gasteiger partial charge in [-0.05, 0) is 31.4 Å². The first-order valence-electron chi connectivity index (χ1n) is 8.61. The van der Waals surface area contributed by atoms with Crippen molar-refractivity contribution < 1.29 is 13.9 Å². The number of esters is 1. The van der Waals surface area contributed by atoms with E-state index in [0.29, 0.717) is 29.6 Å². The van der Waals surface area contributed by atoms with E-state index >= 15 is 0 Å². The highest BCUT2D eigenvalue weighted by Crippen LogP contribution is 2.26. The maximum Gasteiger partial charge on any atom is 0.341 e. The molecule has 27 heavy (non-hydrogen) atoms. The molecule has 2 aromatic rings. The SMILES string of the molecule is CCNC(=NCc1cc(C(=O)OC)c(C)o1)NCC(C)(C)c1cccs1.I. The Kier molecular flexibility index (Phi) is 9.31. The standard InChI is InChI=1S/C19H27N3O3S.HI/c1-6-20-18(22-12-19(3,4)16-8-7-9-26-16)21-11-14-10-15(13(2)25-14)17(23)24-5;/h7-10H,6,11-12H2,1-5H3,(H2,20,21,22);1H. The second-order valence-electron chi connectivity index (χ2n) is 6.58. The van der Waals surface area contributed by atoms with Gasteiger partial charge >= 0.3 is 5.97 Å². The smallest absolute Gasteiger partial charge is 0.341 e. The second kappa shape index (κ2) is 10.7. The van der Waals surface area contributed by atoms with Gasteiger partial charge in [0.25, 0.3) is 0 Å². The molecular formula is C19H28IN3O3S. The number of nitrogens with zero attached hydrogens (tertiary/aromatic N) is 1. The molecule has 0 spiro atoms. The normalized spacial score (nSPS) is 11.7. The number of methoxy groups -OCH3 is 1. The van der Waals surface area contributed by atoms with E-state index in [0.717, 1.165) is 13.1 Å². The predicted molar refractivity (Wildman–Crippen MR) is 120 cm³/mol. The molecule has 0 amide bonds. The van der Waals surface area contributed by atoms with Crippen LogP contribution in [0.15, 0.2) is 33.0 Å². The van der Waals surface area contributed by atoms with E-state index in [4.69, 9.17) is 9.15 Å². The van der Waals surface area contributed by atoms with Crippen LogP contribution < -0.4 is 10.6 Å². The number of ether oxygens (including phenoxy) is 1. The highest BCUT2D eigenvalue weighted by Gasteiger charge is 2.22. The van der Waals surface area contributed by atoms with E-state index in [1.165, 1.54) is 12.0 Å². The molecule has 0 radical (unpaired) electrons. The summed E-state index contributed by atoms with van der Waals surface area (Å²) in [5.74, 6) is 1.48. The Morgan fingerprint density at radius 2 is 2.11 bits per heavy atom. The molecule has 6 nitrogen and oxygen atoms in total. The van der Waals surface area contributed by atoms with E-state index in [1.807, 2.05) is 6.92 Å². The van der Waals surface area contributed by atoms with Gasteiger partial charge in [0, 0.05) is 23.4 Å². The van der Waals surface area contributed by atoms with Gasteiger partial charge in [0.05, 0.1) is 7.11 Å². The van der Waals surface area contributed by atoms with Crippen molar-refractivity contribution in [1.29, 1.82) is 0 Å². The van der Waals surface area contributed by atoms with Crippen LogP contribution in [0.3, 0.4) is 0 Å². The molecule has 0 aliphatic carbocycles. The van der Waals surface area contributed by atoms with Crippen LogP contribution in [0.2, 0.25) is 0 Å². The highest BCUT2D eigenvalue weighted by atomic mass is 127. The van der Waals surface area contributed by atoms with Gasteiger partial charge < -0.3 is 19.8 Å². The number of furan rings is 1. The molecule has 0 fully saturated rings. The number of halogens is 1. The minimum Gasteiger partial charge on any atom is -0.465 e. The Labute approximate surface area is 181 Å². The van der Waals surface area contributed by atoms with Crippen molar-refractivity contribution in [2.45, 2.75) is 39.7 Å². The molecule has 2 N–H and O–H groups in total. The molecule has 0 atom stereocenters. The van der Waals surface area contributed by atoms with Crippen molar-refractivity contribution in [1.82, 2.24) is 10.6 Å². The summed E-state index contributed by atoms with van der Waals surface area (Å²) >= 11 is 1.76. The number of aryl methyl sites for hydroxylation is 1. The third-order valence-corrected chi connectivity index (χ3v) is 5.23. The third-order valence-electron chi connectivity index (χ3n) is 4.00. The number of hydrogen-bond acceptors (Lipinski definition) is 5. The Balaban J connectivity index is 0.00000364. The maximum atomic E-state index is 11.7. The molecule has 0 aliphatic rings. The average Bonchev–Trinajstić information content (AvgIpc) is 3.27. The number of carbonyl (C=O) groups is 1. The maximum absolute atomic E-state index is 11.7. The van der Waals surface area contributed by atoms with Crippen molar-refractivity contribution in [3.8, 4) is 0 Å². The fraction of sp³-hybridized carbons (Fsp3) is 0.474. The molecule has 0 aliphatic heterocycles. The van der Waals surface area contributed by atoms with Crippen LogP contribution in [0, 0.1) is 6.92 Å². The summed E-state index contributed by atoms with van der Waals surface area (Å²) in [7, 11) is 1.36. The Hall–Kier alpha value is -1.55. The Morgan fingerprint density at radius 1 is 1.37 bits per heavy atom. The van der Waals surface area contributed by atoms with Gasteiger partial charge in [0.1, 0.15) is 23.6 Å². The van der Waals surface area contributed by atoms with E-state index in [-0.39, 0.29) is 29.4 Å². The van der Waals surface area contributed by atoms with Crippen LogP contribution in [0.25, 0.3) is 0 Å². The first-order chi connectivity index (χ1) is 12.4. The third kappa shape index (κ3) is 6.53. The number of aliphatic imine (C=N–C) groups is 1. The van der Waals surface area contributed by atoms with Crippen LogP contribution >= 0.6 is 35.3 Å². The zero-order valence-corrected chi connectivity index (χ0v) is 19.6. The van der Waals surface area contributed by atoms with Crippen LogP contribution in [-0.4, -0.2) is 32.1 Å². The molecule has 2 rings (SSSR count). The molecule has 0 saturated heterocycles. The van der Waals surface area contributed by atoms with E-state index < -0.39 is 5.97 Å². The zero-order chi connectivity index (χ0) is 19.2. The van der Waals surface area contributed by atoms with Gasteiger partial charge in [0.15, 0.2) is 5.96 Å². The van der Waals surface area contributed by atoms with Crippen LogP contribution in [0.1, 0.15) is 47.5 Å². The topological polar surface area (TPSA) is 75.9 Å². The lowest BCUT2D eigenvalue weighted by molar-refractivity contribution is 0.0599. The summed E-state index contributed by atoms with van der Waals surface area (Å²) in [5, 5.41) is 8.71. The highest BCUT2D eigenvalue weighted by molar-refractivity contribution is 14.0. The minimum absolute atomic E-state index is 0. The van der Waals surface area contributed by atoms with Crippen LogP contribution in [0.5, 0.6) is 0 Å². The Morgan fingerprint density at radius 3 is 2.70 bits per heavy atom. The summed E-state index contributed by atoms with van der Waals surface area (Å²) in [6, 6.07) is 5.90. The number of carbonyl (C=O) groups excluding carboxylic acids is 1.